The van der Waals surface area contributed by atoms with E-state index in [0.29, 0.717) is 19.3 Å². The van der Waals surface area contributed by atoms with Crippen LogP contribution >= 0.6 is 0 Å². The Kier molecular flexibility index (Phi) is 68.5. The van der Waals surface area contributed by atoms with Crippen LogP contribution in [0.3, 0.4) is 0 Å². The number of esters is 3. The van der Waals surface area contributed by atoms with Crippen LogP contribution in [0.5, 0.6) is 0 Å². The van der Waals surface area contributed by atoms with Crippen LogP contribution in [0, 0.1) is 0 Å². The van der Waals surface area contributed by atoms with Gasteiger partial charge >= 0.3 is 17.9 Å². The van der Waals surface area contributed by atoms with Gasteiger partial charge in [0.2, 0.25) is 0 Å². The summed E-state index contributed by atoms with van der Waals surface area (Å²) >= 11 is 0. The van der Waals surface area contributed by atoms with E-state index in [1.54, 1.807) is 0 Å². The molecule has 0 aliphatic heterocycles. The molecule has 0 radical (unpaired) electrons. The van der Waals surface area contributed by atoms with Gasteiger partial charge in [0, 0.05) is 19.3 Å². The highest BCUT2D eigenvalue weighted by Crippen LogP contribution is 2.19. The first kappa shape index (κ1) is 78.9. The predicted molar refractivity (Wildman–Crippen MR) is 353 cm³/mol. The van der Waals surface area contributed by atoms with Gasteiger partial charge in [-0.05, 0) is 51.4 Å². The minimum absolute atomic E-state index is 0.0683. The first-order valence-corrected chi connectivity index (χ1v) is 36.8. The summed E-state index contributed by atoms with van der Waals surface area (Å²) in [6.45, 7) is 6.69. The standard InChI is InChI=1S/C75H142O6/c1-4-7-10-13-16-19-22-25-27-29-31-32-33-34-35-36-37-38-39-40-41-42-43-44-45-47-48-50-53-56-59-62-65-68-74(77)80-71-72(70-79-73(76)67-64-61-58-55-52-24-21-18-15-12-9-6-3)81-75(78)69-66-63-60-57-54-51-49-46-30-28-26-23-20-17-14-11-8-5-2/h20,23,28,30,72H,4-19,21-22,24-27,29,31-71H2,1-3H3/b23-20-,30-28-. The molecule has 478 valence electrons. The first-order valence-electron chi connectivity index (χ1n) is 36.8. The highest BCUT2D eigenvalue weighted by atomic mass is 16.6. The Labute approximate surface area is 506 Å². The van der Waals surface area contributed by atoms with Crippen LogP contribution in [0.15, 0.2) is 24.3 Å². The number of carbonyl (C=O) groups is 3. The van der Waals surface area contributed by atoms with Gasteiger partial charge in [-0.15, -0.1) is 0 Å². The minimum Gasteiger partial charge on any atom is -0.462 e. The van der Waals surface area contributed by atoms with Gasteiger partial charge in [-0.3, -0.25) is 14.4 Å². The molecule has 0 heterocycles. The molecule has 0 aliphatic rings. The predicted octanol–water partition coefficient (Wildman–Crippen LogP) is 25.3. The first-order chi connectivity index (χ1) is 40.0. The SMILES string of the molecule is CCCCCC/C=C\C/C=C\CCCCCCCCCC(=O)OC(COC(=O)CCCCCCCCCCCCCC)COC(=O)CCCCCCCCCCCCCCCCCCCCCCCCCCCCCCCCCCC. The zero-order valence-electron chi connectivity index (χ0n) is 55.1. The number of rotatable bonds is 69. The maximum absolute atomic E-state index is 12.9. The van der Waals surface area contributed by atoms with Crippen LogP contribution in [-0.4, -0.2) is 37.2 Å². The molecule has 1 atom stereocenters. The van der Waals surface area contributed by atoms with Crippen molar-refractivity contribution in [3.8, 4) is 0 Å². The summed E-state index contributed by atoms with van der Waals surface area (Å²) in [6, 6.07) is 0. The van der Waals surface area contributed by atoms with E-state index in [1.165, 1.54) is 308 Å². The van der Waals surface area contributed by atoms with Crippen molar-refractivity contribution >= 4 is 17.9 Å². The molecule has 0 fully saturated rings. The number of hydrogen-bond donors (Lipinski definition) is 0. The fraction of sp³-hybridized carbons (Fsp3) is 0.907. The van der Waals surface area contributed by atoms with E-state index in [0.717, 1.165) is 70.6 Å². The van der Waals surface area contributed by atoms with Gasteiger partial charge in [0.1, 0.15) is 13.2 Å². The maximum Gasteiger partial charge on any atom is 0.306 e. The second-order valence-electron chi connectivity index (χ2n) is 25.2. The van der Waals surface area contributed by atoms with Gasteiger partial charge in [-0.1, -0.05) is 373 Å². The highest BCUT2D eigenvalue weighted by Gasteiger charge is 2.20. The summed E-state index contributed by atoms with van der Waals surface area (Å²) in [4.78, 5) is 38.4. The lowest BCUT2D eigenvalue weighted by molar-refractivity contribution is -0.167. The van der Waals surface area contributed by atoms with Gasteiger partial charge in [-0.25, -0.2) is 0 Å². The lowest BCUT2D eigenvalue weighted by Crippen LogP contribution is -2.30. The number of ether oxygens (including phenoxy) is 3. The van der Waals surface area contributed by atoms with Gasteiger partial charge in [0.05, 0.1) is 0 Å². The Balaban J connectivity index is 4.08. The topological polar surface area (TPSA) is 78.9 Å². The Morgan fingerprint density at radius 3 is 0.691 bits per heavy atom. The average molecular weight is 1140 g/mol. The summed E-state index contributed by atoms with van der Waals surface area (Å²) in [5.74, 6) is -0.846. The lowest BCUT2D eigenvalue weighted by atomic mass is 10.0. The van der Waals surface area contributed by atoms with E-state index >= 15 is 0 Å². The van der Waals surface area contributed by atoms with Crippen LogP contribution < -0.4 is 0 Å². The molecule has 6 nitrogen and oxygen atoms in total. The van der Waals surface area contributed by atoms with Gasteiger partial charge in [0.25, 0.3) is 0 Å². The van der Waals surface area contributed by atoms with Gasteiger partial charge in [0.15, 0.2) is 6.10 Å². The Bertz CT molecular complexity index is 1310. The molecule has 6 heteroatoms. The van der Waals surface area contributed by atoms with Crippen molar-refractivity contribution in [2.45, 2.75) is 425 Å². The third-order valence-corrected chi connectivity index (χ3v) is 17.0. The van der Waals surface area contributed by atoms with E-state index in [9.17, 15) is 14.4 Å². The maximum atomic E-state index is 12.9. The second-order valence-corrected chi connectivity index (χ2v) is 25.2. The molecular weight excluding hydrogens is 997 g/mol. The molecule has 0 rings (SSSR count). The second kappa shape index (κ2) is 70.4. The van der Waals surface area contributed by atoms with Gasteiger partial charge in [-0.2, -0.15) is 0 Å². The molecule has 0 saturated carbocycles. The summed E-state index contributed by atoms with van der Waals surface area (Å²) in [5, 5.41) is 0. The molecule has 0 amide bonds. The highest BCUT2D eigenvalue weighted by molar-refractivity contribution is 5.71. The Morgan fingerprint density at radius 1 is 0.247 bits per heavy atom. The fourth-order valence-corrected chi connectivity index (χ4v) is 11.4. The van der Waals surface area contributed by atoms with Crippen molar-refractivity contribution in [1.82, 2.24) is 0 Å². The van der Waals surface area contributed by atoms with Crippen LogP contribution in [0.2, 0.25) is 0 Å². The Hall–Kier alpha value is -2.11. The third-order valence-electron chi connectivity index (χ3n) is 17.0. The Morgan fingerprint density at radius 2 is 0.444 bits per heavy atom. The number of allylic oxidation sites excluding steroid dienone is 4. The zero-order valence-corrected chi connectivity index (χ0v) is 55.1. The number of hydrogen-bond acceptors (Lipinski definition) is 6. The average Bonchev–Trinajstić information content (AvgIpc) is 3.47. The smallest absolute Gasteiger partial charge is 0.306 e. The molecule has 0 saturated heterocycles. The molecule has 81 heavy (non-hydrogen) atoms. The molecule has 0 aliphatic carbocycles. The van der Waals surface area contributed by atoms with Crippen molar-refractivity contribution in [2.75, 3.05) is 13.2 Å². The molecule has 0 N–H and O–H groups in total. The van der Waals surface area contributed by atoms with Crippen molar-refractivity contribution in [3.63, 3.8) is 0 Å². The van der Waals surface area contributed by atoms with Crippen molar-refractivity contribution in [1.29, 1.82) is 0 Å². The minimum atomic E-state index is -0.772. The molecule has 0 aromatic heterocycles. The summed E-state index contributed by atoms with van der Waals surface area (Å²) in [5.41, 5.74) is 0. The zero-order chi connectivity index (χ0) is 58.5. The number of carbonyl (C=O) groups excluding carboxylic acids is 3. The molecule has 0 spiro atoms. The van der Waals surface area contributed by atoms with Crippen molar-refractivity contribution in [3.05, 3.63) is 24.3 Å². The van der Waals surface area contributed by atoms with Crippen LogP contribution in [0.25, 0.3) is 0 Å². The van der Waals surface area contributed by atoms with Gasteiger partial charge < -0.3 is 14.2 Å². The monoisotopic (exact) mass is 1140 g/mol. The third kappa shape index (κ3) is 68.6. The van der Waals surface area contributed by atoms with E-state index in [4.69, 9.17) is 14.2 Å². The van der Waals surface area contributed by atoms with Crippen LogP contribution in [0.1, 0.15) is 419 Å². The largest absolute Gasteiger partial charge is 0.462 e. The summed E-state index contributed by atoms with van der Waals surface area (Å²) in [6.07, 6.45) is 86.6. The normalized spacial score (nSPS) is 12.1. The van der Waals surface area contributed by atoms with Crippen LogP contribution in [0.4, 0.5) is 0 Å². The van der Waals surface area contributed by atoms with Crippen LogP contribution in [-0.2, 0) is 28.6 Å². The van der Waals surface area contributed by atoms with Crippen molar-refractivity contribution < 1.29 is 28.6 Å². The van der Waals surface area contributed by atoms with E-state index in [2.05, 4.69) is 45.1 Å². The molecule has 0 bridgehead atoms. The molecular formula is C75H142O6. The quantitative estimate of drug-likeness (QED) is 0.0261. The summed E-state index contributed by atoms with van der Waals surface area (Å²) in [7, 11) is 0. The van der Waals surface area contributed by atoms with E-state index in [-0.39, 0.29) is 31.1 Å². The molecule has 0 aromatic rings. The number of unbranched alkanes of at least 4 members (excludes halogenated alkanes) is 54. The molecule has 0 aromatic carbocycles. The van der Waals surface area contributed by atoms with Crippen molar-refractivity contribution in [2.24, 2.45) is 0 Å². The lowest BCUT2D eigenvalue weighted by Gasteiger charge is -2.18. The fourth-order valence-electron chi connectivity index (χ4n) is 11.4. The van der Waals surface area contributed by atoms with E-state index in [1.807, 2.05) is 0 Å². The molecule has 1 unspecified atom stereocenters. The summed E-state index contributed by atoms with van der Waals surface area (Å²) < 4.78 is 17.0. The van der Waals surface area contributed by atoms with E-state index < -0.39 is 6.10 Å².